The Morgan fingerprint density at radius 1 is 1.17 bits per heavy atom. The van der Waals surface area contributed by atoms with Crippen LogP contribution in [-0.4, -0.2) is 27.2 Å². The Balaban J connectivity index is 1.57. The highest BCUT2D eigenvalue weighted by atomic mass is 32.1. The van der Waals surface area contributed by atoms with Gasteiger partial charge >= 0.3 is 5.97 Å². The van der Waals surface area contributed by atoms with Crippen LogP contribution in [0.25, 0.3) is 0 Å². The van der Waals surface area contributed by atoms with Gasteiger partial charge in [-0.3, -0.25) is 9.59 Å². The molecule has 0 spiro atoms. The molecular formula is C17H19N3O3S. The third-order valence-corrected chi connectivity index (χ3v) is 5.44. The Labute approximate surface area is 143 Å². The third kappa shape index (κ3) is 3.31. The zero-order valence-corrected chi connectivity index (χ0v) is 14.3. The Morgan fingerprint density at radius 2 is 1.88 bits per heavy atom. The zero-order valence-electron chi connectivity index (χ0n) is 13.5. The lowest BCUT2D eigenvalue weighted by molar-refractivity contribution is -0.140. The number of nitrogens with one attached hydrogen (secondary N) is 1. The van der Waals surface area contributed by atoms with Crippen molar-refractivity contribution in [3.05, 3.63) is 40.9 Å². The van der Waals surface area contributed by atoms with Gasteiger partial charge in [-0.1, -0.05) is 55.5 Å². The van der Waals surface area contributed by atoms with Crippen molar-refractivity contribution in [3.8, 4) is 0 Å². The summed E-state index contributed by atoms with van der Waals surface area (Å²) in [6, 6.07) is 10.1. The predicted molar refractivity (Wildman–Crippen MR) is 90.8 cm³/mol. The van der Waals surface area contributed by atoms with Crippen molar-refractivity contribution in [2.75, 3.05) is 5.32 Å². The van der Waals surface area contributed by atoms with Gasteiger partial charge in [-0.2, -0.15) is 0 Å². The molecule has 1 amide bonds. The van der Waals surface area contributed by atoms with Crippen molar-refractivity contribution in [2.45, 2.75) is 26.7 Å². The fourth-order valence-electron chi connectivity index (χ4n) is 3.07. The largest absolute Gasteiger partial charge is 0.481 e. The van der Waals surface area contributed by atoms with E-state index in [9.17, 15) is 9.59 Å². The second-order valence-electron chi connectivity index (χ2n) is 6.59. The van der Waals surface area contributed by atoms with Crippen LogP contribution in [0.5, 0.6) is 0 Å². The Bertz CT molecular complexity index is 757. The summed E-state index contributed by atoms with van der Waals surface area (Å²) in [6.45, 7) is 3.59. The lowest BCUT2D eigenvalue weighted by atomic mass is 10.1. The normalized spacial score (nSPS) is 21.2. The topological polar surface area (TPSA) is 92.2 Å². The highest BCUT2D eigenvalue weighted by Crippen LogP contribution is 2.58. The summed E-state index contributed by atoms with van der Waals surface area (Å²) in [4.78, 5) is 23.4. The highest BCUT2D eigenvalue weighted by Gasteiger charge is 2.66. The molecule has 2 N–H and O–H groups in total. The average molecular weight is 345 g/mol. The lowest BCUT2D eigenvalue weighted by Gasteiger charge is -2.01. The van der Waals surface area contributed by atoms with Crippen LogP contribution in [0.3, 0.4) is 0 Å². The van der Waals surface area contributed by atoms with Crippen LogP contribution < -0.4 is 5.32 Å². The minimum Gasteiger partial charge on any atom is -0.481 e. The number of hydrogen-bond donors (Lipinski definition) is 2. The number of aryl methyl sites for hydroxylation is 2. The summed E-state index contributed by atoms with van der Waals surface area (Å²) in [5.41, 5.74) is 0.707. The number of carbonyl (C=O) groups excluding carboxylic acids is 1. The maximum Gasteiger partial charge on any atom is 0.307 e. The third-order valence-electron chi connectivity index (χ3n) is 4.54. The summed E-state index contributed by atoms with van der Waals surface area (Å²) in [6.07, 6.45) is 1.62. The van der Waals surface area contributed by atoms with Crippen LogP contribution >= 0.6 is 11.3 Å². The van der Waals surface area contributed by atoms with Crippen molar-refractivity contribution in [2.24, 2.45) is 17.3 Å². The molecule has 1 aliphatic carbocycles. The van der Waals surface area contributed by atoms with E-state index in [4.69, 9.17) is 5.11 Å². The number of rotatable bonds is 6. The summed E-state index contributed by atoms with van der Waals surface area (Å²) in [7, 11) is 0. The lowest BCUT2D eigenvalue weighted by Crippen LogP contribution is -2.17. The Hall–Kier alpha value is -2.28. The first-order chi connectivity index (χ1) is 11.4. The molecule has 2 atom stereocenters. The molecule has 1 aromatic heterocycles. The minimum atomic E-state index is -0.930. The molecule has 1 heterocycles. The zero-order chi connectivity index (χ0) is 17.3. The number of hydrogen-bond acceptors (Lipinski definition) is 5. The molecule has 6 nitrogen and oxygen atoms in total. The molecule has 1 aliphatic rings. The number of aliphatic carboxylic acids is 1. The minimum absolute atomic E-state index is 0.293. The summed E-state index contributed by atoms with van der Waals surface area (Å²) in [5.74, 6) is -2.38. The Morgan fingerprint density at radius 3 is 2.50 bits per heavy atom. The smallest absolute Gasteiger partial charge is 0.307 e. The van der Waals surface area contributed by atoms with Crippen LogP contribution in [0.4, 0.5) is 5.13 Å². The molecule has 0 aliphatic heterocycles. The van der Waals surface area contributed by atoms with Crippen molar-refractivity contribution >= 4 is 28.3 Å². The number of carboxylic acid groups (broad SMARTS) is 1. The van der Waals surface area contributed by atoms with Gasteiger partial charge in [0.2, 0.25) is 11.0 Å². The van der Waals surface area contributed by atoms with E-state index >= 15 is 0 Å². The maximum absolute atomic E-state index is 12.3. The molecule has 7 heteroatoms. The second-order valence-corrected chi connectivity index (χ2v) is 7.65. The van der Waals surface area contributed by atoms with E-state index in [0.717, 1.165) is 17.8 Å². The fraction of sp³-hybridized carbons (Fsp3) is 0.412. The quantitative estimate of drug-likeness (QED) is 0.839. The van der Waals surface area contributed by atoms with Gasteiger partial charge in [-0.15, -0.1) is 10.2 Å². The van der Waals surface area contributed by atoms with Crippen molar-refractivity contribution in [3.63, 3.8) is 0 Å². The summed E-state index contributed by atoms with van der Waals surface area (Å²) < 4.78 is 0. The molecule has 1 saturated carbocycles. The van der Waals surface area contributed by atoms with Gasteiger partial charge in [0.1, 0.15) is 5.01 Å². The van der Waals surface area contributed by atoms with Crippen molar-refractivity contribution in [1.82, 2.24) is 10.2 Å². The molecule has 24 heavy (non-hydrogen) atoms. The number of carboxylic acids is 1. The van der Waals surface area contributed by atoms with Crippen LogP contribution in [0.2, 0.25) is 0 Å². The number of amides is 1. The number of benzene rings is 1. The molecule has 2 aromatic rings. The second kappa shape index (κ2) is 6.32. The molecular weight excluding hydrogens is 326 g/mol. The predicted octanol–water partition coefficient (Wildman–Crippen LogP) is 2.62. The van der Waals surface area contributed by atoms with Crippen LogP contribution in [0.15, 0.2) is 30.3 Å². The van der Waals surface area contributed by atoms with E-state index in [1.165, 1.54) is 16.9 Å². The van der Waals surface area contributed by atoms with E-state index in [-0.39, 0.29) is 5.91 Å². The van der Waals surface area contributed by atoms with Gasteiger partial charge in [0.25, 0.3) is 0 Å². The first kappa shape index (κ1) is 16.6. The van der Waals surface area contributed by atoms with Crippen molar-refractivity contribution < 1.29 is 14.7 Å². The van der Waals surface area contributed by atoms with Gasteiger partial charge in [-0.05, 0) is 17.4 Å². The molecule has 0 bridgehead atoms. The van der Waals surface area contributed by atoms with Gasteiger partial charge < -0.3 is 10.4 Å². The molecule has 0 saturated heterocycles. The first-order valence-electron chi connectivity index (χ1n) is 7.79. The molecule has 1 fully saturated rings. The standard InChI is InChI=1S/C17H19N3O3S/c1-17(2)12(13(17)15(22)23)14(21)18-16-20-19-11(24-16)9-8-10-6-4-3-5-7-10/h3-7,12-13H,8-9H2,1-2H3,(H,22,23)(H,18,20,21)/t12-,13-/m1/s1. The first-order valence-corrected chi connectivity index (χ1v) is 8.61. The van der Waals surface area contributed by atoms with Crippen molar-refractivity contribution in [1.29, 1.82) is 0 Å². The number of anilines is 1. The number of nitrogens with zero attached hydrogens (tertiary/aromatic N) is 2. The van der Waals surface area contributed by atoms with Crippen LogP contribution in [-0.2, 0) is 22.4 Å². The van der Waals surface area contributed by atoms with Crippen LogP contribution in [0, 0.1) is 17.3 Å². The monoisotopic (exact) mass is 345 g/mol. The number of carbonyl (C=O) groups is 2. The Kier molecular flexibility index (Phi) is 4.36. The van der Waals surface area contributed by atoms with Gasteiger partial charge in [0.15, 0.2) is 0 Å². The molecule has 0 radical (unpaired) electrons. The van der Waals surface area contributed by atoms with E-state index in [0.29, 0.717) is 5.13 Å². The molecule has 3 rings (SSSR count). The molecule has 126 valence electrons. The van der Waals surface area contributed by atoms with E-state index < -0.39 is 23.2 Å². The maximum atomic E-state index is 12.3. The van der Waals surface area contributed by atoms with E-state index in [1.54, 1.807) is 13.8 Å². The van der Waals surface area contributed by atoms with E-state index in [2.05, 4.69) is 27.6 Å². The summed E-state index contributed by atoms with van der Waals surface area (Å²) >= 11 is 1.33. The molecule has 0 unspecified atom stereocenters. The van der Waals surface area contributed by atoms with Gasteiger partial charge in [-0.25, -0.2) is 0 Å². The fourth-order valence-corrected chi connectivity index (χ4v) is 3.81. The molecule has 1 aromatic carbocycles. The number of aromatic nitrogens is 2. The van der Waals surface area contributed by atoms with Crippen LogP contribution in [0.1, 0.15) is 24.4 Å². The average Bonchev–Trinajstić information content (AvgIpc) is 2.89. The van der Waals surface area contributed by atoms with Gasteiger partial charge in [0.05, 0.1) is 11.8 Å². The van der Waals surface area contributed by atoms with Gasteiger partial charge in [0, 0.05) is 6.42 Å². The highest BCUT2D eigenvalue weighted by molar-refractivity contribution is 7.15. The van der Waals surface area contributed by atoms with E-state index in [1.807, 2.05) is 18.2 Å². The summed E-state index contributed by atoms with van der Waals surface area (Å²) in [5, 5.41) is 21.2. The SMILES string of the molecule is CC1(C)[C@@H](C(=O)O)[C@@H]1C(=O)Nc1nnc(CCc2ccccc2)s1.